The molecular weight excluding hydrogens is 334 g/mol. The van der Waals surface area contributed by atoms with Crippen molar-refractivity contribution in [3.05, 3.63) is 66.2 Å². The van der Waals surface area contributed by atoms with Gasteiger partial charge in [0.2, 0.25) is 0 Å². The van der Waals surface area contributed by atoms with Crippen molar-refractivity contribution in [3.63, 3.8) is 0 Å². The zero-order valence-electron chi connectivity index (χ0n) is 17.3. The maximum Gasteiger partial charge on any atom is 0.192 e. The van der Waals surface area contributed by atoms with Crippen molar-refractivity contribution in [2.24, 2.45) is 0 Å². The summed E-state index contributed by atoms with van der Waals surface area (Å²) in [5.41, 5.74) is 2.43. The maximum atomic E-state index is 6.91. The van der Waals surface area contributed by atoms with Gasteiger partial charge in [0, 0.05) is 5.69 Å². The van der Waals surface area contributed by atoms with E-state index < -0.39 is 8.32 Å². The quantitative estimate of drug-likeness (QED) is 0.504. The molecule has 142 valence electrons. The van der Waals surface area contributed by atoms with Crippen LogP contribution in [-0.2, 0) is 4.43 Å². The summed E-state index contributed by atoms with van der Waals surface area (Å²) in [6.45, 7) is 13.9. The normalized spacial score (nSPS) is 14.7. The molecule has 1 N–H and O–H groups in total. The van der Waals surface area contributed by atoms with Gasteiger partial charge in [0.1, 0.15) is 0 Å². The van der Waals surface area contributed by atoms with Gasteiger partial charge in [-0.25, -0.2) is 0 Å². The molecule has 0 saturated carbocycles. The SMILES string of the molecule is CCCC(O[Si](C)(C)C(C)(C)C)C(Nc1ccccc1)c1ccccc1. The maximum absolute atomic E-state index is 6.91. The van der Waals surface area contributed by atoms with Crippen LogP contribution in [0, 0.1) is 0 Å². The van der Waals surface area contributed by atoms with Gasteiger partial charge in [-0.15, -0.1) is 0 Å². The van der Waals surface area contributed by atoms with Crippen LogP contribution in [0.5, 0.6) is 0 Å². The fourth-order valence-corrected chi connectivity index (χ4v) is 4.26. The summed E-state index contributed by atoms with van der Waals surface area (Å²) < 4.78 is 6.91. The van der Waals surface area contributed by atoms with E-state index in [2.05, 4.69) is 107 Å². The summed E-state index contributed by atoms with van der Waals surface area (Å²) in [5, 5.41) is 3.95. The van der Waals surface area contributed by atoms with Crippen LogP contribution in [-0.4, -0.2) is 14.4 Å². The number of rotatable bonds is 8. The third kappa shape index (κ3) is 5.45. The summed E-state index contributed by atoms with van der Waals surface area (Å²) in [6.07, 6.45) is 2.31. The van der Waals surface area contributed by atoms with E-state index in [-0.39, 0.29) is 17.2 Å². The lowest BCUT2D eigenvalue weighted by Gasteiger charge is -2.42. The summed E-state index contributed by atoms with van der Waals surface area (Å²) >= 11 is 0. The molecule has 0 heterocycles. The van der Waals surface area contributed by atoms with Crippen LogP contribution in [0.15, 0.2) is 60.7 Å². The molecule has 0 aliphatic rings. The Kier molecular flexibility index (Phi) is 7.07. The number of hydrogen-bond acceptors (Lipinski definition) is 2. The standard InChI is InChI=1S/C23H35NOSi/c1-7-14-21(25-26(5,6)23(2,3)4)22(19-15-10-8-11-16-19)24-20-17-12-9-13-18-20/h8-13,15-18,21-22,24H,7,14H2,1-6H3. The van der Waals surface area contributed by atoms with Crippen molar-refractivity contribution in [2.45, 2.75) is 70.8 Å². The lowest BCUT2D eigenvalue weighted by molar-refractivity contribution is 0.149. The monoisotopic (exact) mass is 369 g/mol. The Labute approximate surface area is 161 Å². The smallest absolute Gasteiger partial charge is 0.192 e. The van der Waals surface area contributed by atoms with Crippen LogP contribution in [0.1, 0.15) is 52.1 Å². The van der Waals surface area contributed by atoms with E-state index in [0.29, 0.717) is 0 Å². The first-order chi connectivity index (χ1) is 12.2. The molecule has 2 rings (SSSR count). The highest BCUT2D eigenvalue weighted by Gasteiger charge is 2.40. The second-order valence-corrected chi connectivity index (χ2v) is 13.4. The Bertz CT molecular complexity index is 649. The minimum atomic E-state index is -1.86. The fourth-order valence-electron chi connectivity index (χ4n) is 2.90. The Hall–Kier alpha value is -1.58. The van der Waals surface area contributed by atoms with Gasteiger partial charge in [-0.3, -0.25) is 0 Å². The zero-order valence-corrected chi connectivity index (χ0v) is 18.3. The molecular formula is C23H35NOSi. The Balaban J connectivity index is 2.36. The minimum Gasteiger partial charge on any atom is -0.411 e. The second-order valence-electron chi connectivity index (χ2n) is 8.60. The van der Waals surface area contributed by atoms with Gasteiger partial charge in [-0.1, -0.05) is 82.6 Å². The van der Waals surface area contributed by atoms with Crippen LogP contribution >= 0.6 is 0 Å². The van der Waals surface area contributed by atoms with Gasteiger partial charge < -0.3 is 9.74 Å². The van der Waals surface area contributed by atoms with E-state index >= 15 is 0 Å². The Morgan fingerprint density at radius 2 is 1.46 bits per heavy atom. The summed E-state index contributed by atoms with van der Waals surface area (Å²) in [6, 6.07) is 21.3. The number of nitrogens with one attached hydrogen (secondary N) is 1. The van der Waals surface area contributed by atoms with Crippen molar-refractivity contribution in [1.82, 2.24) is 0 Å². The third-order valence-corrected chi connectivity index (χ3v) is 9.96. The zero-order chi connectivity index (χ0) is 19.2. The largest absolute Gasteiger partial charge is 0.411 e. The molecule has 2 atom stereocenters. The number of benzene rings is 2. The molecule has 0 saturated heterocycles. The van der Waals surface area contributed by atoms with Crippen LogP contribution < -0.4 is 5.32 Å². The van der Waals surface area contributed by atoms with Gasteiger partial charge in [-0.05, 0) is 42.2 Å². The molecule has 0 spiro atoms. The average molecular weight is 370 g/mol. The van der Waals surface area contributed by atoms with E-state index in [9.17, 15) is 0 Å². The third-order valence-electron chi connectivity index (χ3n) is 5.45. The van der Waals surface area contributed by atoms with Crippen molar-refractivity contribution < 1.29 is 4.43 Å². The highest BCUT2D eigenvalue weighted by molar-refractivity contribution is 6.74. The van der Waals surface area contributed by atoms with Crippen molar-refractivity contribution in [3.8, 4) is 0 Å². The molecule has 0 amide bonds. The molecule has 0 bridgehead atoms. The van der Waals surface area contributed by atoms with Gasteiger partial charge in [-0.2, -0.15) is 0 Å². The summed E-state index contributed by atoms with van der Waals surface area (Å²) in [7, 11) is -1.86. The van der Waals surface area contributed by atoms with Crippen molar-refractivity contribution in [2.75, 3.05) is 5.32 Å². The van der Waals surface area contributed by atoms with E-state index in [0.717, 1.165) is 18.5 Å². The highest BCUT2D eigenvalue weighted by Crippen LogP contribution is 2.40. The molecule has 2 unspecified atom stereocenters. The van der Waals surface area contributed by atoms with E-state index in [1.165, 1.54) is 5.56 Å². The predicted molar refractivity (Wildman–Crippen MR) is 116 cm³/mol. The number of para-hydroxylation sites is 1. The lowest BCUT2D eigenvalue weighted by Crippen LogP contribution is -2.46. The number of anilines is 1. The molecule has 2 aromatic rings. The molecule has 0 fully saturated rings. The van der Waals surface area contributed by atoms with E-state index in [4.69, 9.17) is 4.43 Å². The predicted octanol–water partition coefficient (Wildman–Crippen LogP) is 7.03. The lowest BCUT2D eigenvalue weighted by atomic mass is 9.98. The molecule has 2 nitrogen and oxygen atoms in total. The minimum absolute atomic E-state index is 0.146. The molecule has 0 radical (unpaired) electrons. The summed E-state index contributed by atoms with van der Waals surface area (Å²) in [5.74, 6) is 0. The molecule has 2 aromatic carbocycles. The van der Waals surface area contributed by atoms with Crippen LogP contribution in [0.3, 0.4) is 0 Å². The van der Waals surface area contributed by atoms with Gasteiger partial charge in [0.15, 0.2) is 8.32 Å². The second kappa shape index (κ2) is 8.87. The molecule has 26 heavy (non-hydrogen) atoms. The summed E-state index contributed by atoms with van der Waals surface area (Å²) in [4.78, 5) is 0. The topological polar surface area (TPSA) is 21.3 Å². The molecule has 0 aliphatic carbocycles. The van der Waals surface area contributed by atoms with Gasteiger partial charge in [0.25, 0.3) is 0 Å². The van der Waals surface area contributed by atoms with Crippen molar-refractivity contribution in [1.29, 1.82) is 0 Å². The first kappa shape index (κ1) is 20.7. The first-order valence-electron chi connectivity index (χ1n) is 9.79. The number of hydrogen-bond donors (Lipinski definition) is 1. The fraction of sp³-hybridized carbons (Fsp3) is 0.478. The Morgan fingerprint density at radius 1 is 0.923 bits per heavy atom. The Morgan fingerprint density at radius 3 is 1.96 bits per heavy atom. The molecule has 0 aliphatic heterocycles. The highest BCUT2D eigenvalue weighted by atomic mass is 28.4. The van der Waals surface area contributed by atoms with Gasteiger partial charge in [0.05, 0.1) is 12.1 Å². The molecule has 0 aromatic heterocycles. The van der Waals surface area contributed by atoms with E-state index in [1.54, 1.807) is 0 Å². The van der Waals surface area contributed by atoms with Crippen LogP contribution in [0.2, 0.25) is 18.1 Å². The first-order valence-corrected chi connectivity index (χ1v) is 12.7. The van der Waals surface area contributed by atoms with E-state index in [1.807, 2.05) is 0 Å². The van der Waals surface area contributed by atoms with Crippen molar-refractivity contribution >= 4 is 14.0 Å². The molecule has 3 heteroatoms. The average Bonchev–Trinajstić information content (AvgIpc) is 2.60. The van der Waals surface area contributed by atoms with Crippen LogP contribution in [0.25, 0.3) is 0 Å². The van der Waals surface area contributed by atoms with Gasteiger partial charge >= 0.3 is 0 Å². The van der Waals surface area contributed by atoms with Crippen LogP contribution in [0.4, 0.5) is 5.69 Å².